The van der Waals surface area contributed by atoms with E-state index in [-0.39, 0.29) is 23.7 Å². The number of aromatic nitrogens is 4. The third-order valence-corrected chi connectivity index (χ3v) is 4.22. The molecular weight excluding hydrogens is 298 g/mol. The number of aromatic amines is 1. The molecule has 0 saturated heterocycles. The molecule has 2 aromatic heterocycles. The fourth-order valence-corrected chi connectivity index (χ4v) is 2.88. The Morgan fingerprint density at radius 1 is 1.52 bits per heavy atom. The summed E-state index contributed by atoms with van der Waals surface area (Å²) < 4.78 is 9.06. The standard InChI is InChI=1S/C15H21N5O3/c1-3-20-9-10(7-17-20)23-13-6-4-5-11(13)18-14(21)12-8-16-15(22)19(12)2/h7-9,11,13H,3-6H2,1-2H3,(H,16,22)(H,18,21)/t11-,13+/m0/s1. The molecule has 1 aliphatic carbocycles. The molecule has 1 saturated carbocycles. The Balaban J connectivity index is 1.65. The molecule has 2 heterocycles. The van der Waals surface area contributed by atoms with Crippen LogP contribution >= 0.6 is 0 Å². The highest BCUT2D eigenvalue weighted by Crippen LogP contribution is 2.24. The van der Waals surface area contributed by atoms with E-state index in [9.17, 15) is 9.59 Å². The normalized spacial score (nSPS) is 20.6. The number of H-pyrrole nitrogens is 1. The summed E-state index contributed by atoms with van der Waals surface area (Å²) in [5, 5.41) is 7.16. The summed E-state index contributed by atoms with van der Waals surface area (Å²) in [5.41, 5.74) is 0.0146. The van der Waals surface area contributed by atoms with Crippen LogP contribution < -0.4 is 15.7 Å². The SMILES string of the molecule is CCn1cc(O[C@@H]2CCC[C@@H]2NC(=O)c2c[nH]c(=O)n2C)cn1. The zero-order chi connectivity index (χ0) is 16.4. The van der Waals surface area contributed by atoms with Crippen molar-refractivity contribution in [2.75, 3.05) is 0 Å². The molecule has 2 aromatic rings. The molecule has 1 fully saturated rings. The molecular formula is C15H21N5O3. The fraction of sp³-hybridized carbons (Fsp3) is 0.533. The van der Waals surface area contributed by atoms with Gasteiger partial charge in [0.15, 0.2) is 5.75 Å². The molecule has 124 valence electrons. The van der Waals surface area contributed by atoms with Gasteiger partial charge in [-0.2, -0.15) is 5.10 Å². The van der Waals surface area contributed by atoms with Crippen LogP contribution in [0.5, 0.6) is 5.75 Å². The van der Waals surface area contributed by atoms with Crippen molar-refractivity contribution in [2.24, 2.45) is 7.05 Å². The van der Waals surface area contributed by atoms with Crippen molar-refractivity contribution in [3.05, 3.63) is 34.8 Å². The number of aryl methyl sites for hydroxylation is 1. The number of ether oxygens (including phenoxy) is 1. The van der Waals surface area contributed by atoms with Crippen molar-refractivity contribution < 1.29 is 9.53 Å². The third-order valence-electron chi connectivity index (χ3n) is 4.22. The topological polar surface area (TPSA) is 93.9 Å². The van der Waals surface area contributed by atoms with Gasteiger partial charge in [-0.3, -0.25) is 14.0 Å². The van der Waals surface area contributed by atoms with E-state index in [1.807, 2.05) is 13.1 Å². The number of carbonyl (C=O) groups is 1. The van der Waals surface area contributed by atoms with Gasteiger partial charge < -0.3 is 15.0 Å². The molecule has 2 N–H and O–H groups in total. The van der Waals surface area contributed by atoms with Gasteiger partial charge in [0, 0.05) is 19.8 Å². The zero-order valence-corrected chi connectivity index (χ0v) is 13.3. The number of rotatable bonds is 5. The van der Waals surface area contributed by atoms with Crippen LogP contribution in [0.25, 0.3) is 0 Å². The van der Waals surface area contributed by atoms with E-state index >= 15 is 0 Å². The maximum Gasteiger partial charge on any atom is 0.325 e. The Morgan fingerprint density at radius 3 is 3.00 bits per heavy atom. The van der Waals surface area contributed by atoms with Gasteiger partial charge in [-0.05, 0) is 26.2 Å². The molecule has 2 atom stereocenters. The molecule has 8 heteroatoms. The van der Waals surface area contributed by atoms with Gasteiger partial charge in [-0.25, -0.2) is 4.79 Å². The molecule has 1 amide bonds. The first-order valence-corrected chi connectivity index (χ1v) is 7.83. The highest BCUT2D eigenvalue weighted by atomic mass is 16.5. The Labute approximate surface area is 133 Å². The average Bonchev–Trinajstić information content (AvgIpc) is 3.23. The van der Waals surface area contributed by atoms with Crippen LogP contribution in [-0.2, 0) is 13.6 Å². The summed E-state index contributed by atoms with van der Waals surface area (Å²) in [6, 6.07) is -0.0718. The maximum atomic E-state index is 12.3. The van der Waals surface area contributed by atoms with Gasteiger partial charge in [0.2, 0.25) is 0 Å². The van der Waals surface area contributed by atoms with Crippen molar-refractivity contribution >= 4 is 5.91 Å². The second-order valence-corrected chi connectivity index (χ2v) is 5.74. The largest absolute Gasteiger partial charge is 0.485 e. The smallest absolute Gasteiger partial charge is 0.325 e. The molecule has 0 aromatic carbocycles. The predicted octanol–water partition coefficient (Wildman–Crippen LogP) is 0.660. The van der Waals surface area contributed by atoms with Gasteiger partial charge in [-0.1, -0.05) is 0 Å². The second-order valence-electron chi connectivity index (χ2n) is 5.74. The molecule has 23 heavy (non-hydrogen) atoms. The molecule has 0 aliphatic heterocycles. The van der Waals surface area contributed by atoms with Crippen LogP contribution in [-0.4, -0.2) is 37.4 Å². The van der Waals surface area contributed by atoms with Crippen LogP contribution in [0.15, 0.2) is 23.4 Å². The molecule has 1 aliphatic rings. The van der Waals surface area contributed by atoms with Crippen molar-refractivity contribution in [1.82, 2.24) is 24.6 Å². The highest BCUT2D eigenvalue weighted by molar-refractivity contribution is 5.92. The van der Waals surface area contributed by atoms with Crippen LogP contribution in [0.3, 0.4) is 0 Å². The number of hydrogen-bond acceptors (Lipinski definition) is 4. The van der Waals surface area contributed by atoms with Gasteiger partial charge in [-0.15, -0.1) is 0 Å². The van der Waals surface area contributed by atoms with Crippen molar-refractivity contribution in [3.63, 3.8) is 0 Å². The lowest BCUT2D eigenvalue weighted by Gasteiger charge is -2.21. The average molecular weight is 319 g/mol. The minimum Gasteiger partial charge on any atom is -0.485 e. The monoisotopic (exact) mass is 319 g/mol. The van der Waals surface area contributed by atoms with Crippen molar-refractivity contribution in [2.45, 2.75) is 44.9 Å². The summed E-state index contributed by atoms with van der Waals surface area (Å²) in [5.74, 6) is 0.447. The Kier molecular flexibility index (Phi) is 4.22. The van der Waals surface area contributed by atoms with Crippen LogP contribution in [0.4, 0.5) is 0 Å². The van der Waals surface area contributed by atoms with Crippen molar-refractivity contribution in [3.8, 4) is 5.75 Å². The van der Waals surface area contributed by atoms with Crippen LogP contribution in [0.1, 0.15) is 36.7 Å². The highest BCUT2D eigenvalue weighted by Gasteiger charge is 2.31. The minimum atomic E-state index is -0.304. The number of imidazole rings is 1. The van der Waals surface area contributed by atoms with E-state index < -0.39 is 0 Å². The lowest BCUT2D eigenvalue weighted by Crippen LogP contribution is -2.43. The molecule has 0 radical (unpaired) electrons. The van der Waals surface area contributed by atoms with Crippen molar-refractivity contribution in [1.29, 1.82) is 0 Å². The molecule has 8 nitrogen and oxygen atoms in total. The Hall–Kier alpha value is -2.51. The van der Waals surface area contributed by atoms with Gasteiger partial charge in [0.25, 0.3) is 5.91 Å². The lowest BCUT2D eigenvalue weighted by molar-refractivity contribution is 0.0885. The van der Waals surface area contributed by atoms with E-state index in [0.29, 0.717) is 11.4 Å². The fourth-order valence-electron chi connectivity index (χ4n) is 2.88. The van der Waals surface area contributed by atoms with E-state index in [0.717, 1.165) is 25.8 Å². The number of hydrogen-bond donors (Lipinski definition) is 2. The van der Waals surface area contributed by atoms with Gasteiger partial charge >= 0.3 is 5.69 Å². The molecule has 0 unspecified atom stereocenters. The quantitative estimate of drug-likeness (QED) is 0.846. The minimum absolute atomic E-state index is 0.0718. The van der Waals surface area contributed by atoms with Crippen LogP contribution in [0, 0.1) is 0 Å². The number of amides is 1. The first kappa shape index (κ1) is 15.4. The van der Waals surface area contributed by atoms with E-state index in [1.54, 1.807) is 17.9 Å². The first-order chi connectivity index (χ1) is 11.1. The second kappa shape index (κ2) is 6.31. The van der Waals surface area contributed by atoms with E-state index in [4.69, 9.17) is 4.74 Å². The van der Waals surface area contributed by atoms with E-state index in [1.165, 1.54) is 10.8 Å². The first-order valence-electron chi connectivity index (χ1n) is 7.83. The van der Waals surface area contributed by atoms with E-state index in [2.05, 4.69) is 15.4 Å². The van der Waals surface area contributed by atoms with Gasteiger partial charge in [0.05, 0.1) is 18.4 Å². The summed E-state index contributed by atoms with van der Waals surface area (Å²) in [6.07, 6.45) is 7.62. The van der Waals surface area contributed by atoms with Gasteiger partial charge in [0.1, 0.15) is 11.8 Å². The molecule has 0 bridgehead atoms. The lowest BCUT2D eigenvalue weighted by atomic mass is 10.2. The molecule has 0 spiro atoms. The molecule has 3 rings (SSSR count). The number of nitrogens with one attached hydrogen (secondary N) is 2. The third kappa shape index (κ3) is 3.15. The summed E-state index contributed by atoms with van der Waals surface area (Å²) in [4.78, 5) is 26.2. The Morgan fingerprint density at radius 2 is 2.35 bits per heavy atom. The summed E-state index contributed by atoms with van der Waals surface area (Å²) >= 11 is 0. The number of nitrogens with zero attached hydrogens (tertiary/aromatic N) is 3. The number of carbonyl (C=O) groups excluding carboxylic acids is 1. The summed E-state index contributed by atoms with van der Waals surface area (Å²) in [6.45, 7) is 2.80. The van der Waals surface area contributed by atoms with Crippen LogP contribution in [0.2, 0.25) is 0 Å². The predicted molar refractivity (Wildman–Crippen MR) is 83.5 cm³/mol. The maximum absolute atomic E-state index is 12.3. The zero-order valence-electron chi connectivity index (χ0n) is 13.3. The Bertz CT molecular complexity index is 744. The summed E-state index contributed by atoms with van der Waals surface area (Å²) in [7, 11) is 1.56.